The molecule has 1 amide bonds. The number of benzene rings is 1. The summed E-state index contributed by atoms with van der Waals surface area (Å²) >= 11 is 0. The largest absolute Gasteiger partial charge is 0.328 e. The van der Waals surface area contributed by atoms with E-state index >= 15 is 0 Å². The molecule has 3 aromatic rings. The lowest BCUT2D eigenvalue weighted by atomic mass is 10.1. The van der Waals surface area contributed by atoms with Crippen LogP contribution in [0.4, 0.5) is 8.78 Å². The fourth-order valence-electron chi connectivity index (χ4n) is 3.16. The molecule has 0 N–H and O–H groups in total. The lowest BCUT2D eigenvalue weighted by molar-refractivity contribution is 0.0728. The first kappa shape index (κ1) is 14.7. The van der Waals surface area contributed by atoms with Crippen LogP contribution in [-0.4, -0.2) is 31.9 Å². The van der Waals surface area contributed by atoms with E-state index in [1.165, 1.54) is 6.07 Å². The minimum absolute atomic E-state index is 0.134. The molecule has 1 saturated heterocycles. The van der Waals surface area contributed by atoms with E-state index in [0.717, 1.165) is 25.0 Å². The van der Waals surface area contributed by atoms with Gasteiger partial charge in [-0.3, -0.25) is 9.20 Å². The van der Waals surface area contributed by atoms with E-state index in [4.69, 9.17) is 0 Å². The van der Waals surface area contributed by atoms with Gasteiger partial charge in [0.2, 0.25) is 0 Å². The number of rotatable bonds is 2. The molecule has 0 aliphatic carbocycles. The second-order valence-electron chi connectivity index (χ2n) is 5.77. The number of nitrogens with zero attached hydrogens (tertiary/aromatic N) is 4. The van der Waals surface area contributed by atoms with Crippen molar-refractivity contribution >= 4 is 11.6 Å². The molecule has 1 aliphatic heterocycles. The Hall–Kier alpha value is -2.83. The first-order valence-electron chi connectivity index (χ1n) is 7.71. The first-order valence-corrected chi connectivity index (χ1v) is 7.71. The van der Waals surface area contributed by atoms with Crippen LogP contribution in [0.1, 0.15) is 35.1 Å². The third-order valence-electron chi connectivity index (χ3n) is 4.32. The van der Waals surface area contributed by atoms with Crippen LogP contribution < -0.4 is 0 Å². The smallest absolute Gasteiger partial charge is 0.254 e. The Balaban J connectivity index is 1.69. The third-order valence-corrected chi connectivity index (χ3v) is 4.32. The van der Waals surface area contributed by atoms with Crippen LogP contribution in [0.25, 0.3) is 5.65 Å². The number of halogens is 2. The predicted molar refractivity (Wildman–Crippen MR) is 82.4 cm³/mol. The van der Waals surface area contributed by atoms with Crippen molar-refractivity contribution in [3.05, 3.63) is 65.6 Å². The standard InChI is InChI=1S/C17H14F2N4O/c18-12-7-6-11(10-13(12)19)17(24)22-9-3-4-14(22)16-21-20-15-5-1-2-8-23(15)16/h1-2,5-8,10,14H,3-4,9H2. The summed E-state index contributed by atoms with van der Waals surface area (Å²) in [6.45, 7) is 0.546. The van der Waals surface area contributed by atoms with E-state index in [1.807, 2.05) is 28.8 Å². The minimum Gasteiger partial charge on any atom is -0.328 e. The Labute approximate surface area is 136 Å². The topological polar surface area (TPSA) is 50.5 Å². The molecule has 3 heterocycles. The molecule has 1 atom stereocenters. The predicted octanol–water partition coefficient (Wildman–Crippen LogP) is 2.98. The number of pyridine rings is 1. The zero-order chi connectivity index (χ0) is 16.7. The molecule has 4 rings (SSSR count). The summed E-state index contributed by atoms with van der Waals surface area (Å²) in [5, 5.41) is 8.34. The van der Waals surface area contributed by atoms with E-state index in [9.17, 15) is 13.6 Å². The number of carbonyl (C=O) groups excluding carboxylic acids is 1. The lowest BCUT2D eigenvalue weighted by Crippen LogP contribution is -2.31. The molecule has 122 valence electrons. The zero-order valence-electron chi connectivity index (χ0n) is 12.7. The second-order valence-corrected chi connectivity index (χ2v) is 5.77. The Morgan fingerprint density at radius 2 is 2.00 bits per heavy atom. The Bertz CT molecular complexity index is 924. The Kier molecular flexibility index (Phi) is 3.48. The van der Waals surface area contributed by atoms with Gasteiger partial charge >= 0.3 is 0 Å². The summed E-state index contributed by atoms with van der Waals surface area (Å²) in [5.41, 5.74) is 0.842. The molecule has 1 unspecified atom stereocenters. The van der Waals surface area contributed by atoms with Gasteiger partial charge in [0, 0.05) is 18.3 Å². The summed E-state index contributed by atoms with van der Waals surface area (Å²) in [4.78, 5) is 14.4. The highest BCUT2D eigenvalue weighted by Gasteiger charge is 2.33. The zero-order valence-corrected chi connectivity index (χ0v) is 12.7. The molecule has 24 heavy (non-hydrogen) atoms. The number of hydrogen-bond acceptors (Lipinski definition) is 3. The van der Waals surface area contributed by atoms with Gasteiger partial charge in [-0.1, -0.05) is 6.07 Å². The lowest BCUT2D eigenvalue weighted by Gasteiger charge is -2.23. The van der Waals surface area contributed by atoms with Crippen molar-refractivity contribution in [1.82, 2.24) is 19.5 Å². The van der Waals surface area contributed by atoms with Crippen molar-refractivity contribution < 1.29 is 13.6 Å². The number of aromatic nitrogens is 3. The van der Waals surface area contributed by atoms with Crippen molar-refractivity contribution in [2.75, 3.05) is 6.54 Å². The number of amides is 1. The Morgan fingerprint density at radius 3 is 2.83 bits per heavy atom. The summed E-state index contributed by atoms with van der Waals surface area (Å²) < 4.78 is 28.4. The molecule has 0 radical (unpaired) electrons. The van der Waals surface area contributed by atoms with Crippen LogP contribution in [-0.2, 0) is 0 Å². The summed E-state index contributed by atoms with van der Waals surface area (Å²) in [7, 11) is 0. The highest BCUT2D eigenvalue weighted by Crippen LogP contribution is 2.32. The summed E-state index contributed by atoms with van der Waals surface area (Å²) in [5.74, 6) is -1.64. The van der Waals surface area contributed by atoms with Crippen molar-refractivity contribution in [2.24, 2.45) is 0 Å². The molecule has 7 heteroatoms. The highest BCUT2D eigenvalue weighted by atomic mass is 19.2. The average Bonchev–Trinajstić information content (AvgIpc) is 3.22. The van der Waals surface area contributed by atoms with Crippen LogP contribution in [0.2, 0.25) is 0 Å². The quantitative estimate of drug-likeness (QED) is 0.727. The Morgan fingerprint density at radius 1 is 1.12 bits per heavy atom. The number of hydrogen-bond donors (Lipinski definition) is 0. The molecule has 1 aromatic carbocycles. The minimum atomic E-state index is -1.02. The van der Waals surface area contributed by atoms with Gasteiger partial charge in [-0.05, 0) is 43.2 Å². The molecular formula is C17H14F2N4O. The van der Waals surface area contributed by atoms with Gasteiger partial charge in [0.15, 0.2) is 23.1 Å². The maximum absolute atomic E-state index is 13.4. The fraction of sp³-hybridized carbons (Fsp3) is 0.235. The van der Waals surface area contributed by atoms with Crippen molar-refractivity contribution in [3.63, 3.8) is 0 Å². The van der Waals surface area contributed by atoms with E-state index < -0.39 is 11.6 Å². The number of carbonyl (C=O) groups is 1. The van der Waals surface area contributed by atoms with E-state index in [2.05, 4.69) is 10.2 Å². The van der Waals surface area contributed by atoms with Crippen LogP contribution in [0.5, 0.6) is 0 Å². The van der Waals surface area contributed by atoms with Gasteiger partial charge in [-0.25, -0.2) is 8.78 Å². The fourth-order valence-corrected chi connectivity index (χ4v) is 3.16. The third kappa shape index (κ3) is 2.33. The summed E-state index contributed by atoms with van der Waals surface area (Å²) in [6.07, 6.45) is 3.43. The van der Waals surface area contributed by atoms with Gasteiger partial charge in [0.05, 0.1) is 6.04 Å². The monoisotopic (exact) mass is 328 g/mol. The van der Waals surface area contributed by atoms with Gasteiger partial charge in [-0.2, -0.15) is 0 Å². The molecule has 0 saturated carbocycles. The van der Waals surface area contributed by atoms with Gasteiger partial charge in [0.25, 0.3) is 5.91 Å². The molecule has 0 spiro atoms. The summed E-state index contributed by atoms with van der Waals surface area (Å²) in [6, 6.07) is 8.56. The molecule has 1 aliphatic rings. The molecule has 5 nitrogen and oxygen atoms in total. The molecule has 0 bridgehead atoms. The molecule has 2 aromatic heterocycles. The number of likely N-dealkylation sites (tertiary alicyclic amines) is 1. The normalized spacial score (nSPS) is 17.6. The van der Waals surface area contributed by atoms with Gasteiger partial charge < -0.3 is 4.90 Å². The first-order chi connectivity index (χ1) is 11.6. The van der Waals surface area contributed by atoms with E-state index in [0.29, 0.717) is 18.0 Å². The van der Waals surface area contributed by atoms with Crippen molar-refractivity contribution in [3.8, 4) is 0 Å². The maximum Gasteiger partial charge on any atom is 0.254 e. The maximum atomic E-state index is 13.4. The average molecular weight is 328 g/mol. The van der Waals surface area contributed by atoms with Crippen LogP contribution in [0.15, 0.2) is 42.6 Å². The van der Waals surface area contributed by atoms with Gasteiger partial charge in [-0.15, -0.1) is 10.2 Å². The highest BCUT2D eigenvalue weighted by molar-refractivity contribution is 5.94. The molecule has 1 fully saturated rings. The SMILES string of the molecule is O=C(c1ccc(F)c(F)c1)N1CCCC1c1nnc2ccccn12. The molecular weight excluding hydrogens is 314 g/mol. The van der Waals surface area contributed by atoms with Crippen LogP contribution in [0.3, 0.4) is 0 Å². The van der Waals surface area contributed by atoms with Crippen LogP contribution in [0, 0.1) is 11.6 Å². The van der Waals surface area contributed by atoms with Crippen molar-refractivity contribution in [1.29, 1.82) is 0 Å². The number of fused-ring (bicyclic) bond motifs is 1. The van der Waals surface area contributed by atoms with E-state index in [1.54, 1.807) is 4.90 Å². The van der Waals surface area contributed by atoms with Crippen LogP contribution >= 0.6 is 0 Å². The van der Waals surface area contributed by atoms with Crippen molar-refractivity contribution in [2.45, 2.75) is 18.9 Å². The van der Waals surface area contributed by atoms with Gasteiger partial charge in [0.1, 0.15) is 0 Å². The second kappa shape index (κ2) is 5.67. The van der Waals surface area contributed by atoms with E-state index in [-0.39, 0.29) is 17.5 Å².